The van der Waals surface area contributed by atoms with Crippen LogP contribution in [-0.2, 0) is 52.4 Å². The number of esters is 5. The quantitative estimate of drug-likeness (QED) is 0.0356. The zero-order chi connectivity index (χ0) is 50.0. The predicted octanol–water partition coefficient (Wildman–Crippen LogP) is 12.2. The van der Waals surface area contributed by atoms with E-state index >= 15 is 0 Å². The Kier molecular flexibility index (Phi) is 34.6. The van der Waals surface area contributed by atoms with Crippen molar-refractivity contribution < 1.29 is 57.2 Å². The van der Waals surface area contributed by atoms with E-state index in [-0.39, 0.29) is 87.7 Å². The van der Waals surface area contributed by atoms with Crippen molar-refractivity contribution in [3.63, 3.8) is 0 Å². The van der Waals surface area contributed by atoms with Gasteiger partial charge in [-0.3, -0.25) is 28.8 Å². The van der Waals surface area contributed by atoms with E-state index in [0.717, 1.165) is 44.4 Å². The highest BCUT2D eigenvalue weighted by Crippen LogP contribution is 2.30. The number of hydrogen-bond acceptors (Lipinski definition) is 13. The van der Waals surface area contributed by atoms with Gasteiger partial charge in [-0.25, -0.2) is 0 Å². The molecule has 2 rings (SSSR count). The van der Waals surface area contributed by atoms with E-state index < -0.39 is 36.1 Å². The van der Waals surface area contributed by atoms with Crippen LogP contribution in [-0.4, -0.2) is 97.5 Å². The van der Waals surface area contributed by atoms with E-state index in [0.29, 0.717) is 36.2 Å². The highest BCUT2D eigenvalue weighted by atomic mass is 32.2. The highest BCUT2D eigenvalue weighted by molar-refractivity contribution is 8.13. The average Bonchev–Trinajstić information content (AvgIpc) is 3.29. The fourth-order valence-electron chi connectivity index (χ4n) is 8.55. The Hall–Kier alpha value is -3.29. The van der Waals surface area contributed by atoms with Crippen LogP contribution in [0.4, 0.5) is 4.79 Å². The first-order chi connectivity index (χ1) is 32.0. The van der Waals surface area contributed by atoms with Gasteiger partial charge in [0, 0.05) is 44.5 Å². The molecule has 0 aromatic rings. The van der Waals surface area contributed by atoms with Gasteiger partial charge in [-0.15, -0.1) is 0 Å². The summed E-state index contributed by atoms with van der Waals surface area (Å²) >= 11 is 1.17. The molecule has 0 aromatic heterocycles. The van der Waals surface area contributed by atoms with Gasteiger partial charge < -0.3 is 33.3 Å². The number of ether oxygens (including phenoxy) is 6. The second kappa shape index (κ2) is 37.6. The maximum Gasteiger partial charge on any atom is 0.308 e. The van der Waals surface area contributed by atoms with Crippen molar-refractivity contribution >= 4 is 46.8 Å². The number of thioether (sulfide) groups is 1. The van der Waals surface area contributed by atoms with Crippen LogP contribution >= 0.6 is 11.8 Å². The third-order valence-electron chi connectivity index (χ3n) is 12.5. The molecule has 2 fully saturated rings. The third kappa shape index (κ3) is 30.7. The summed E-state index contributed by atoms with van der Waals surface area (Å²) in [4.78, 5) is 77.8. The molecular weight excluding hydrogens is 875 g/mol. The molecule has 0 aromatic carbocycles. The molecule has 0 aliphatic heterocycles. The topological polar surface area (TPSA) is 161 Å². The van der Waals surface area contributed by atoms with E-state index in [1.165, 1.54) is 82.9 Å². The van der Waals surface area contributed by atoms with E-state index in [2.05, 4.69) is 27.4 Å². The van der Waals surface area contributed by atoms with Crippen molar-refractivity contribution in [2.24, 2.45) is 35.5 Å². The lowest BCUT2D eigenvalue weighted by Gasteiger charge is -2.25. The standard InChI is InChI=1S/C44H75NO12S.C9H18/c1-10-17-32(5)25-33(6)42(49)54-29-39(30-55-43(50)34(7)26-37-18-13-12-14-19-37)57-41(48)21-16-23-45(44(51)58-24-11-2)22-15-20-40(47)56-38(28-53-36(9)46)27-52-35(8)31(3)4;1-2-6-9-7-4-3-5-8-9/h31-34,37-39H,8,10-30H2,1-7,9H3;9H,2-8H2,1H3. The maximum absolute atomic E-state index is 13.1. The number of carbonyl (C=O) groups is 6. The molecule has 0 heterocycles. The fraction of sp³-hybridized carbons (Fsp3) is 0.849. The van der Waals surface area contributed by atoms with Crippen LogP contribution in [0.15, 0.2) is 12.3 Å². The molecular formula is C53H93NO12S. The smallest absolute Gasteiger partial charge is 0.308 e. The summed E-state index contributed by atoms with van der Waals surface area (Å²) in [6, 6.07) is 0. The van der Waals surface area contributed by atoms with Gasteiger partial charge >= 0.3 is 29.8 Å². The molecule has 388 valence electrons. The summed E-state index contributed by atoms with van der Waals surface area (Å²) < 4.78 is 33.1. The van der Waals surface area contributed by atoms with Gasteiger partial charge in [-0.05, 0) is 49.9 Å². The van der Waals surface area contributed by atoms with Crippen LogP contribution in [0.25, 0.3) is 0 Å². The number of amides is 1. The number of allylic oxidation sites excluding steroid dienone is 1. The molecule has 0 radical (unpaired) electrons. The van der Waals surface area contributed by atoms with Gasteiger partial charge in [0.15, 0.2) is 12.2 Å². The second-order valence-corrected chi connectivity index (χ2v) is 20.5. The van der Waals surface area contributed by atoms with Gasteiger partial charge in [-0.2, -0.15) is 0 Å². The summed E-state index contributed by atoms with van der Waals surface area (Å²) in [5.41, 5.74) is 0. The Labute approximate surface area is 410 Å². The van der Waals surface area contributed by atoms with E-state index in [1.54, 1.807) is 4.90 Å². The van der Waals surface area contributed by atoms with Crippen LogP contribution in [0, 0.1) is 35.5 Å². The molecule has 0 bridgehead atoms. The van der Waals surface area contributed by atoms with Gasteiger partial charge in [0.2, 0.25) is 0 Å². The van der Waals surface area contributed by atoms with E-state index in [9.17, 15) is 28.8 Å². The number of nitrogens with zero attached hydrogens (tertiary/aromatic N) is 1. The summed E-state index contributed by atoms with van der Waals surface area (Å²) in [5.74, 6) is 0.126. The largest absolute Gasteiger partial charge is 0.494 e. The molecule has 5 unspecified atom stereocenters. The molecule has 5 atom stereocenters. The number of hydrogen-bond donors (Lipinski definition) is 0. The molecule has 0 spiro atoms. The minimum atomic E-state index is -0.982. The monoisotopic (exact) mass is 968 g/mol. The first kappa shape index (κ1) is 61.7. The number of rotatable bonds is 32. The number of carbonyl (C=O) groups excluding carboxylic acids is 6. The van der Waals surface area contributed by atoms with Crippen molar-refractivity contribution in [2.45, 2.75) is 209 Å². The van der Waals surface area contributed by atoms with Crippen molar-refractivity contribution in [2.75, 3.05) is 45.3 Å². The predicted molar refractivity (Wildman–Crippen MR) is 266 cm³/mol. The SMILES string of the molecule is C=C(OCC(COC(C)=O)OC(=O)CCCN(CCCC(=O)OC(COC(=O)C(C)CC(C)CCC)COC(=O)C(C)CC1CCCCC1)C(=O)SCCC)C(C)C.CCCC1CCCCC1. The molecule has 1 amide bonds. The molecule has 2 aliphatic carbocycles. The van der Waals surface area contributed by atoms with Crippen LogP contribution in [0.1, 0.15) is 197 Å². The van der Waals surface area contributed by atoms with Crippen LogP contribution < -0.4 is 0 Å². The molecule has 2 aliphatic rings. The lowest BCUT2D eigenvalue weighted by Crippen LogP contribution is -2.34. The molecule has 67 heavy (non-hydrogen) atoms. The molecule has 0 N–H and O–H groups in total. The Morgan fingerprint density at radius 1 is 0.627 bits per heavy atom. The zero-order valence-electron chi connectivity index (χ0n) is 43.4. The Bertz CT molecular complexity index is 1410. The normalized spacial score (nSPS) is 16.5. The summed E-state index contributed by atoms with van der Waals surface area (Å²) in [5, 5.41) is -0.168. The maximum atomic E-state index is 13.1. The van der Waals surface area contributed by atoms with Gasteiger partial charge in [-0.1, -0.05) is 164 Å². The van der Waals surface area contributed by atoms with Crippen LogP contribution in [0.3, 0.4) is 0 Å². The van der Waals surface area contributed by atoms with E-state index in [1.807, 2.05) is 34.6 Å². The Balaban J connectivity index is 0.00000221. The van der Waals surface area contributed by atoms with Gasteiger partial charge in [0.05, 0.1) is 17.6 Å². The first-order valence-electron chi connectivity index (χ1n) is 26.1. The lowest BCUT2D eigenvalue weighted by molar-refractivity contribution is -0.169. The van der Waals surface area contributed by atoms with Crippen molar-refractivity contribution in [3.05, 3.63) is 12.3 Å². The van der Waals surface area contributed by atoms with Crippen molar-refractivity contribution in [3.8, 4) is 0 Å². The average molecular weight is 968 g/mol. The van der Waals surface area contributed by atoms with Crippen molar-refractivity contribution in [1.29, 1.82) is 0 Å². The molecule has 14 heteroatoms. The van der Waals surface area contributed by atoms with Crippen molar-refractivity contribution in [1.82, 2.24) is 4.90 Å². The summed E-state index contributed by atoms with van der Waals surface area (Å²) in [7, 11) is 0. The Morgan fingerprint density at radius 3 is 1.60 bits per heavy atom. The minimum absolute atomic E-state index is 0.000488. The van der Waals surface area contributed by atoms with Crippen LogP contribution in [0.2, 0.25) is 0 Å². The third-order valence-corrected chi connectivity index (χ3v) is 13.6. The lowest BCUT2D eigenvalue weighted by atomic mass is 9.83. The highest BCUT2D eigenvalue weighted by Gasteiger charge is 2.27. The fourth-order valence-corrected chi connectivity index (χ4v) is 9.29. The minimum Gasteiger partial charge on any atom is -0.494 e. The van der Waals surface area contributed by atoms with Gasteiger partial charge in [0.25, 0.3) is 5.24 Å². The van der Waals surface area contributed by atoms with E-state index in [4.69, 9.17) is 28.4 Å². The van der Waals surface area contributed by atoms with Gasteiger partial charge in [0.1, 0.15) is 26.4 Å². The summed E-state index contributed by atoms with van der Waals surface area (Å²) in [6.45, 7) is 20.9. The molecule has 2 saturated carbocycles. The second-order valence-electron chi connectivity index (χ2n) is 19.5. The zero-order valence-corrected chi connectivity index (χ0v) is 44.2. The van der Waals surface area contributed by atoms with Crippen LogP contribution in [0.5, 0.6) is 0 Å². The first-order valence-corrected chi connectivity index (χ1v) is 27.1. The molecule has 0 saturated heterocycles. The molecule has 13 nitrogen and oxygen atoms in total. The Morgan fingerprint density at radius 2 is 1.12 bits per heavy atom. The summed E-state index contributed by atoms with van der Waals surface area (Å²) in [6.07, 6.45) is 19.2.